The van der Waals surface area contributed by atoms with Crippen molar-refractivity contribution in [2.24, 2.45) is 11.8 Å². The van der Waals surface area contributed by atoms with Crippen molar-refractivity contribution in [1.82, 2.24) is 25.6 Å². The Morgan fingerprint density at radius 1 is 1.37 bits per heavy atom. The number of nitrogens with zero attached hydrogens (tertiary/aromatic N) is 5. The second kappa shape index (κ2) is 5.98. The average molecular weight is 370 g/mol. The molecule has 5 heterocycles. The zero-order valence-corrected chi connectivity index (χ0v) is 15.4. The van der Waals surface area contributed by atoms with E-state index in [-0.39, 0.29) is 29.2 Å². The number of nitrogens with one attached hydrogen (secondary N) is 1. The van der Waals surface area contributed by atoms with Gasteiger partial charge in [0.25, 0.3) is 5.91 Å². The number of hydrogen-bond acceptors (Lipinski definition) is 8. The first-order valence-corrected chi connectivity index (χ1v) is 9.34. The first kappa shape index (κ1) is 16.6. The Bertz CT molecular complexity index is 885. The predicted octanol–water partition coefficient (Wildman–Crippen LogP) is 0.890. The molecule has 9 heteroatoms. The molecule has 1 spiro atoms. The van der Waals surface area contributed by atoms with Crippen molar-refractivity contribution in [1.29, 1.82) is 0 Å². The van der Waals surface area contributed by atoms with Crippen LogP contribution in [0.2, 0.25) is 0 Å². The van der Waals surface area contributed by atoms with Crippen LogP contribution >= 0.6 is 0 Å². The van der Waals surface area contributed by atoms with E-state index in [0.717, 1.165) is 37.4 Å². The molecule has 0 unspecified atom stereocenters. The number of aromatic nitrogens is 4. The van der Waals surface area contributed by atoms with E-state index < -0.39 is 0 Å². The van der Waals surface area contributed by atoms with Crippen LogP contribution in [0.4, 0.5) is 5.82 Å². The molecule has 142 valence electrons. The number of fused-ring (bicyclic) bond motifs is 1. The number of carbonyl (C=O) groups excluding carboxylic acids is 1. The van der Waals surface area contributed by atoms with Gasteiger partial charge in [-0.3, -0.25) is 9.78 Å². The van der Waals surface area contributed by atoms with Gasteiger partial charge in [0, 0.05) is 37.7 Å². The summed E-state index contributed by atoms with van der Waals surface area (Å²) in [5.74, 6) is 1.31. The van der Waals surface area contributed by atoms with E-state index in [4.69, 9.17) is 4.74 Å². The molecule has 3 aliphatic rings. The van der Waals surface area contributed by atoms with E-state index in [1.54, 1.807) is 13.1 Å². The SMILES string of the molecule is Cc1cncc(N2C[C@@H]3[C@H](CNC(=O)c4nonc4C)[C@H]4CC[C@]3(C2)O4)n1. The van der Waals surface area contributed by atoms with Crippen LogP contribution in [0, 0.1) is 25.7 Å². The smallest absolute Gasteiger partial charge is 0.275 e. The topological polar surface area (TPSA) is 106 Å². The molecule has 1 N–H and O–H groups in total. The predicted molar refractivity (Wildman–Crippen MR) is 94.2 cm³/mol. The summed E-state index contributed by atoms with van der Waals surface area (Å²) in [4.78, 5) is 23.5. The highest BCUT2D eigenvalue weighted by atomic mass is 16.6. The average Bonchev–Trinajstić information content (AvgIpc) is 3.39. The van der Waals surface area contributed by atoms with Crippen molar-refractivity contribution >= 4 is 11.7 Å². The van der Waals surface area contributed by atoms with Gasteiger partial charge in [-0.25, -0.2) is 9.61 Å². The second-order valence-electron chi connectivity index (χ2n) is 7.84. The minimum atomic E-state index is -0.245. The van der Waals surface area contributed by atoms with Crippen LogP contribution in [0.1, 0.15) is 34.7 Å². The lowest BCUT2D eigenvalue weighted by Gasteiger charge is -2.29. The van der Waals surface area contributed by atoms with Crippen molar-refractivity contribution in [3.8, 4) is 0 Å². The Morgan fingerprint density at radius 2 is 2.26 bits per heavy atom. The van der Waals surface area contributed by atoms with Crippen molar-refractivity contribution in [2.75, 3.05) is 24.5 Å². The molecular formula is C18H22N6O3. The standard InChI is InChI=1S/C18H22N6O3/c1-10-5-19-7-15(21-10)24-8-13-12(14-3-4-18(13,9-24)26-14)6-20-17(25)16-11(2)22-27-23-16/h5,7,12-14H,3-4,6,8-9H2,1-2H3,(H,20,25)/t12-,13+,14+,18+/m0/s1. The number of amides is 1. The fourth-order valence-corrected chi connectivity index (χ4v) is 4.97. The third-order valence-electron chi connectivity index (χ3n) is 6.22. The van der Waals surface area contributed by atoms with Crippen molar-refractivity contribution in [2.45, 2.75) is 38.4 Å². The van der Waals surface area contributed by atoms with E-state index in [0.29, 0.717) is 18.2 Å². The minimum absolute atomic E-state index is 0.128. The van der Waals surface area contributed by atoms with Gasteiger partial charge in [-0.15, -0.1) is 0 Å². The molecule has 2 bridgehead atoms. The van der Waals surface area contributed by atoms with Crippen LogP contribution in [-0.4, -0.2) is 57.5 Å². The van der Waals surface area contributed by atoms with Gasteiger partial charge in [-0.2, -0.15) is 0 Å². The third kappa shape index (κ3) is 2.60. The molecular weight excluding hydrogens is 348 g/mol. The van der Waals surface area contributed by atoms with Crippen molar-refractivity contribution in [3.05, 3.63) is 29.5 Å². The van der Waals surface area contributed by atoms with Gasteiger partial charge < -0.3 is 15.0 Å². The van der Waals surface area contributed by atoms with Crippen LogP contribution in [0.25, 0.3) is 0 Å². The molecule has 3 fully saturated rings. The van der Waals surface area contributed by atoms with Crippen LogP contribution in [0.5, 0.6) is 0 Å². The Morgan fingerprint density at radius 3 is 3.04 bits per heavy atom. The molecule has 0 aromatic carbocycles. The van der Waals surface area contributed by atoms with Crippen molar-refractivity contribution < 1.29 is 14.2 Å². The lowest BCUT2D eigenvalue weighted by atomic mass is 9.73. The Labute approximate surface area is 156 Å². The van der Waals surface area contributed by atoms with Gasteiger partial charge in [-0.1, -0.05) is 5.16 Å². The highest BCUT2D eigenvalue weighted by molar-refractivity contribution is 5.92. The Balaban J connectivity index is 1.31. The first-order valence-electron chi connectivity index (χ1n) is 9.34. The Hall–Kier alpha value is -2.55. The number of aryl methyl sites for hydroxylation is 2. The number of ether oxygens (including phenoxy) is 1. The van der Waals surface area contributed by atoms with Crippen LogP contribution < -0.4 is 10.2 Å². The zero-order valence-electron chi connectivity index (χ0n) is 15.4. The van der Waals surface area contributed by atoms with E-state index in [2.05, 4.69) is 35.1 Å². The van der Waals surface area contributed by atoms with Crippen LogP contribution in [0.15, 0.2) is 17.0 Å². The summed E-state index contributed by atoms with van der Waals surface area (Å²) in [6, 6.07) is 0. The molecule has 0 radical (unpaired) electrons. The number of rotatable bonds is 4. The van der Waals surface area contributed by atoms with Crippen LogP contribution in [0.3, 0.4) is 0 Å². The van der Waals surface area contributed by atoms with Gasteiger partial charge in [0.05, 0.1) is 23.6 Å². The lowest BCUT2D eigenvalue weighted by Crippen LogP contribution is -2.42. The van der Waals surface area contributed by atoms with Gasteiger partial charge in [0.2, 0.25) is 0 Å². The highest BCUT2D eigenvalue weighted by Gasteiger charge is 2.63. The maximum Gasteiger partial charge on any atom is 0.275 e. The fourth-order valence-electron chi connectivity index (χ4n) is 4.97. The maximum atomic E-state index is 12.4. The summed E-state index contributed by atoms with van der Waals surface area (Å²) in [5, 5.41) is 10.3. The zero-order chi connectivity index (χ0) is 18.6. The molecule has 3 aliphatic heterocycles. The van der Waals surface area contributed by atoms with Gasteiger partial charge in [0.15, 0.2) is 5.69 Å². The normalized spacial score (nSPS) is 31.3. The van der Waals surface area contributed by atoms with Gasteiger partial charge in [0.1, 0.15) is 11.5 Å². The first-order chi connectivity index (χ1) is 13.1. The Kier molecular flexibility index (Phi) is 3.68. The van der Waals surface area contributed by atoms with E-state index >= 15 is 0 Å². The number of hydrogen-bond donors (Lipinski definition) is 1. The van der Waals surface area contributed by atoms with Crippen LogP contribution in [-0.2, 0) is 4.74 Å². The summed E-state index contributed by atoms with van der Waals surface area (Å²) in [7, 11) is 0. The molecule has 4 atom stereocenters. The summed E-state index contributed by atoms with van der Waals surface area (Å²) >= 11 is 0. The monoisotopic (exact) mass is 370 g/mol. The molecule has 2 aromatic rings. The second-order valence-corrected chi connectivity index (χ2v) is 7.84. The molecule has 5 rings (SSSR count). The fraction of sp³-hybridized carbons (Fsp3) is 0.611. The summed E-state index contributed by atoms with van der Waals surface area (Å²) in [6.45, 7) is 5.93. The molecule has 0 saturated carbocycles. The summed E-state index contributed by atoms with van der Waals surface area (Å²) in [6.07, 6.45) is 5.88. The number of carbonyl (C=O) groups is 1. The maximum absolute atomic E-state index is 12.4. The van der Waals surface area contributed by atoms with E-state index in [9.17, 15) is 4.79 Å². The summed E-state index contributed by atoms with van der Waals surface area (Å²) < 4.78 is 11.1. The molecule has 27 heavy (non-hydrogen) atoms. The van der Waals surface area contributed by atoms with Crippen molar-refractivity contribution in [3.63, 3.8) is 0 Å². The minimum Gasteiger partial charge on any atom is -0.369 e. The van der Waals surface area contributed by atoms with Gasteiger partial charge >= 0.3 is 0 Å². The van der Waals surface area contributed by atoms with Gasteiger partial charge in [-0.05, 0) is 31.8 Å². The molecule has 0 aliphatic carbocycles. The number of anilines is 1. The quantitative estimate of drug-likeness (QED) is 0.846. The third-order valence-corrected chi connectivity index (χ3v) is 6.22. The molecule has 9 nitrogen and oxygen atoms in total. The lowest BCUT2D eigenvalue weighted by molar-refractivity contribution is 0.0141. The highest BCUT2D eigenvalue weighted by Crippen LogP contribution is 2.55. The molecule has 1 amide bonds. The summed E-state index contributed by atoms with van der Waals surface area (Å²) in [5.41, 5.74) is 1.53. The van der Waals surface area contributed by atoms with E-state index in [1.807, 2.05) is 13.1 Å². The molecule has 3 saturated heterocycles. The molecule has 2 aromatic heterocycles. The van der Waals surface area contributed by atoms with E-state index in [1.165, 1.54) is 0 Å². The largest absolute Gasteiger partial charge is 0.369 e.